The Morgan fingerprint density at radius 3 is 3.00 bits per heavy atom. The van der Waals surface area contributed by atoms with Crippen LogP contribution in [0.3, 0.4) is 0 Å². The molecule has 0 unspecified atom stereocenters. The Morgan fingerprint density at radius 2 is 2.29 bits per heavy atom. The van der Waals surface area contributed by atoms with E-state index in [1.807, 2.05) is 18.2 Å². The Kier molecular flexibility index (Phi) is 1.95. The molecule has 1 amide bonds. The van der Waals surface area contributed by atoms with Gasteiger partial charge in [0.05, 0.1) is 6.42 Å². The van der Waals surface area contributed by atoms with Gasteiger partial charge in [-0.3, -0.25) is 4.79 Å². The molecule has 3 N–H and O–H groups in total. The quantitative estimate of drug-likeness (QED) is 0.780. The topological polar surface area (TPSA) is 81.2 Å². The van der Waals surface area contributed by atoms with E-state index in [0.29, 0.717) is 23.6 Å². The zero-order valence-electron chi connectivity index (χ0n) is 9.28. The van der Waals surface area contributed by atoms with Gasteiger partial charge in [-0.05, 0) is 30.7 Å². The monoisotopic (exact) mass is 229 g/mol. The minimum atomic E-state index is 0.0128. The number of nitrogens with two attached hydrogens (primary N) is 1. The van der Waals surface area contributed by atoms with E-state index in [4.69, 9.17) is 10.3 Å². The molecule has 2 aromatic rings. The normalized spacial score (nSPS) is 13.6. The van der Waals surface area contributed by atoms with Crippen LogP contribution in [0.5, 0.6) is 0 Å². The van der Waals surface area contributed by atoms with E-state index in [9.17, 15) is 4.79 Å². The highest BCUT2D eigenvalue weighted by atomic mass is 16.5. The van der Waals surface area contributed by atoms with Crippen LogP contribution in [0.25, 0.3) is 11.3 Å². The van der Waals surface area contributed by atoms with Crippen LogP contribution in [0.4, 0.5) is 11.4 Å². The number of carbonyl (C=O) groups is 1. The highest BCUT2D eigenvalue weighted by molar-refractivity contribution is 5.99. The van der Waals surface area contributed by atoms with Crippen molar-refractivity contribution in [1.82, 2.24) is 5.16 Å². The van der Waals surface area contributed by atoms with Gasteiger partial charge in [0, 0.05) is 11.3 Å². The van der Waals surface area contributed by atoms with Crippen LogP contribution in [0, 0.1) is 6.92 Å². The highest BCUT2D eigenvalue weighted by Gasteiger charge is 2.20. The molecule has 0 bridgehead atoms. The largest absolute Gasteiger partial charge is 0.394 e. The molecule has 1 aromatic carbocycles. The van der Waals surface area contributed by atoms with Gasteiger partial charge in [-0.2, -0.15) is 0 Å². The fraction of sp³-hybridized carbons (Fsp3) is 0.167. The molecule has 5 heteroatoms. The molecule has 0 radical (unpaired) electrons. The van der Waals surface area contributed by atoms with Gasteiger partial charge in [0.1, 0.15) is 11.4 Å². The van der Waals surface area contributed by atoms with E-state index < -0.39 is 0 Å². The lowest BCUT2D eigenvalue weighted by Gasteiger charge is -2.01. The van der Waals surface area contributed by atoms with Crippen LogP contribution in [0.1, 0.15) is 11.3 Å². The lowest BCUT2D eigenvalue weighted by molar-refractivity contribution is -0.115. The van der Waals surface area contributed by atoms with Crippen molar-refractivity contribution in [3.63, 3.8) is 0 Å². The Hall–Kier alpha value is -2.30. The Morgan fingerprint density at radius 1 is 1.47 bits per heavy atom. The number of nitrogen functional groups attached to an aromatic ring is 1. The first-order valence-corrected chi connectivity index (χ1v) is 5.30. The Bertz CT molecular complexity index is 616. The number of hydrogen-bond donors (Lipinski definition) is 2. The first kappa shape index (κ1) is 9.89. The lowest BCUT2D eigenvalue weighted by Crippen LogP contribution is -2.03. The van der Waals surface area contributed by atoms with E-state index in [-0.39, 0.29) is 5.91 Å². The van der Waals surface area contributed by atoms with Crippen molar-refractivity contribution in [2.75, 3.05) is 11.1 Å². The van der Waals surface area contributed by atoms with E-state index in [0.717, 1.165) is 16.8 Å². The van der Waals surface area contributed by atoms with Gasteiger partial charge in [0.25, 0.3) is 0 Å². The number of fused-ring (bicyclic) bond motifs is 1. The third-order valence-corrected chi connectivity index (χ3v) is 2.90. The maximum atomic E-state index is 11.2. The molecule has 0 spiro atoms. The maximum absolute atomic E-state index is 11.2. The van der Waals surface area contributed by atoms with E-state index >= 15 is 0 Å². The molecule has 1 aromatic heterocycles. The van der Waals surface area contributed by atoms with Gasteiger partial charge in [-0.15, -0.1) is 0 Å². The number of nitrogens with one attached hydrogen (secondary N) is 1. The zero-order chi connectivity index (χ0) is 12.0. The van der Waals surface area contributed by atoms with Gasteiger partial charge >= 0.3 is 0 Å². The molecule has 5 nitrogen and oxygen atoms in total. The predicted octanol–water partition coefficient (Wildman–Crippen LogP) is 1.73. The first-order valence-electron chi connectivity index (χ1n) is 5.30. The molecule has 17 heavy (non-hydrogen) atoms. The molecule has 0 fully saturated rings. The summed E-state index contributed by atoms with van der Waals surface area (Å²) in [5, 5.41) is 6.60. The number of benzene rings is 1. The summed E-state index contributed by atoms with van der Waals surface area (Å²) < 4.78 is 5.19. The molecule has 2 heterocycles. The van der Waals surface area contributed by atoms with Gasteiger partial charge in [0.15, 0.2) is 5.76 Å². The third kappa shape index (κ3) is 1.47. The van der Waals surface area contributed by atoms with Crippen LogP contribution in [0.2, 0.25) is 0 Å². The minimum Gasteiger partial charge on any atom is -0.394 e. The van der Waals surface area contributed by atoms with Crippen molar-refractivity contribution in [3.8, 4) is 11.3 Å². The second kappa shape index (κ2) is 3.35. The summed E-state index contributed by atoms with van der Waals surface area (Å²) in [7, 11) is 0. The number of aromatic nitrogens is 1. The van der Waals surface area contributed by atoms with E-state index in [1.54, 1.807) is 6.92 Å². The predicted molar refractivity (Wildman–Crippen MR) is 63.4 cm³/mol. The van der Waals surface area contributed by atoms with Crippen molar-refractivity contribution < 1.29 is 9.32 Å². The van der Waals surface area contributed by atoms with Crippen molar-refractivity contribution in [2.45, 2.75) is 13.3 Å². The number of carbonyl (C=O) groups excluding carboxylic acids is 1. The number of rotatable bonds is 1. The molecule has 1 aliphatic rings. The molecule has 86 valence electrons. The fourth-order valence-corrected chi connectivity index (χ4v) is 1.96. The Labute approximate surface area is 97.6 Å². The standard InChI is InChI=1S/C12H11N3O2/c1-6-11(13)12(17-15-6)7-2-3-9-8(4-7)5-10(16)14-9/h2-4H,5,13H2,1H3,(H,14,16). The van der Waals surface area contributed by atoms with E-state index in [1.165, 1.54) is 0 Å². The summed E-state index contributed by atoms with van der Waals surface area (Å²) in [6, 6.07) is 5.62. The second-order valence-electron chi connectivity index (χ2n) is 4.11. The van der Waals surface area contributed by atoms with Gasteiger partial charge in [0.2, 0.25) is 5.91 Å². The third-order valence-electron chi connectivity index (χ3n) is 2.90. The number of nitrogens with zero attached hydrogens (tertiary/aromatic N) is 1. The Balaban J connectivity index is 2.09. The van der Waals surface area contributed by atoms with Crippen molar-refractivity contribution in [2.24, 2.45) is 0 Å². The molecule has 0 saturated carbocycles. The molecule has 3 rings (SSSR count). The lowest BCUT2D eigenvalue weighted by atomic mass is 10.1. The molecular formula is C12H11N3O2. The summed E-state index contributed by atoms with van der Waals surface area (Å²) in [6.07, 6.45) is 0.399. The van der Waals surface area contributed by atoms with Gasteiger partial charge < -0.3 is 15.6 Å². The summed E-state index contributed by atoms with van der Waals surface area (Å²) in [5.41, 5.74) is 9.75. The van der Waals surface area contributed by atoms with Gasteiger partial charge in [-0.1, -0.05) is 5.16 Å². The van der Waals surface area contributed by atoms with Crippen LogP contribution >= 0.6 is 0 Å². The molecule has 0 saturated heterocycles. The average molecular weight is 229 g/mol. The van der Waals surface area contributed by atoms with Crippen molar-refractivity contribution in [3.05, 3.63) is 29.5 Å². The summed E-state index contributed by atoms with van der Waals surface area (Å²) in [6.45, 7) is 1.79. The minimum absolute atomic E-state index is 0.0128. The maximum Gasteiger partial charge on any atom is 0.228 e. The molecular weight excluding hydrogens is 218 g/mol. The van der Waals surface area contributed by atoms with Crippen LogP contribution in [0.15, 0.2) is 22.7 Å². The fourth-order valence-electron chi connectivity index (χ4n) is 1.96. The molecule has 0 aliphatic carbocycles. The summed E-state index contributed by atoms with van der Waals surface area (Å²) in [4.78, 5) is 11.2. The summed E-state index contributed by atoms with van der Waals surface area (Å²) >= 11 is 0. The zero-order valence-corrected chi connectivity index (χ0v) is 9.28. The van der Waals surface area contributed by atoms with Crippen LogP contribution < -0.4 is 11.1 Å². The number of amides is 1. The molecule has 0 atom stereocenters. The number of hydrogen-bond acceptors (Lipinski definition) is 4. The highest BCUT2D eigenvalue weighted by Crippen LogP contribution is 2.32. The first-order chi connectivity index (χ1) is 8.15. The van der Waals surface area contributed by atoms with Crippen LogP contribution in [-0.4, -0.2) is 11.1 Å². The van der Waals surface area contributed by atoms with Crippen molar-refractivity contribution in [1.29, 1.82) is 0 Å². The average Bonchev–Trinajstić information content (AvgIpc) is 2.81. The van der Waals surface area contributed by atoms with Crippen molar-refractivity contribution >= 4 is 17.3 Å². The smallest absolute Gasteiger partial charge is 0.228 e. The van der Waals surface area contributed by atoms with Crippen LogP contribution in [-0.2, 0) is 11.2 Å². The number of aryl methyl sites for hydroxylation is 1. The number of anilines is 2. The SMILES string of the molecule is Cc1noc(-c2ccc3c(c2)CC(=O)N3)c1N. The van der Waals surface area contributed by atoms with E-state index in [2.05, 4.69) is 10.5 Å². The molecule has 1 aliphatic heterocycles. The summed E-state index contributed by atoms with van der Waals surface area (Å²) in [5.74, 6) is 0.573. The second-order valence-corrected chi connectivity index (χ2v) is 4.11. The van der Waals surface area contributed by atoms with Gasteiger partial charge in [-0.25, -0.2) is 0 Å².